The van der Waals surface area contributed by atoms with Crippen LogP contribution < -0.4 is 0 Å². The van der Waals surface area contributed by atoms with Crippen molar-refractivity contribution in [3.05, 3.63) is 70.0 Å². The van der Waals surface area contributed by atoms with Crippen LogP contribution in [-0.2, 0) is 4.74 Å². The van der Waals surface area contributed by atoms with Crippen LogP contribution in [-0.4, -0.2) is 29.4 Å². The zero-order valence-corrected chi connectivity index (χ0v) is 12.3. The summed E-state index contributed by atoms with van der Waals surface area (Å²) in [5.41, 5.74) is 0.464. The molecule has 7 heteroatoms. The highest BCUT2D eigenvalue weighted by atomic mass is 35.5. The fourth-order valence-electron chi connectivity index (χ4n) is 2.21. The van der Waals surface area contributed by atoms with Gasteiger partial charge in [-0.15, -0.1) is 0 Å². The van der Waals surface area contributed by atoms with Gasteiger partial charge in [0.15, 0.2) is 6.73 Å². The Kier molecular flexibility index (Phi) is 3.83. The molecule has 5 nitrogen and oxygen atoms in total. The summed E-state index contributed by atoms with van der Waals surface area (Å²) in [4.78, 5) is 37.0. The summed E-state index contributed by atoms with van der Waals surface area (Å²) in [6.07, 6.45) is 0. The quantitative estimate of drug-likeness (QED) is 0.640. The first-order valence-corrected chi connectivity index (χ1v) is 6.94. The lowest BCUT2D eigenvalue weighted by molar-refractivity contribution is 0.0228. The average Bonchev–Trinajstić information content (AvgIpc) is 2.77. The predicted molar refractivity (Wildman–Crippen MR) is 78.6 cm³/mol. The Labute approximate surface area is 135 Å². The average molecular weight is 334 g/mol. The van der Waals surface area contributed by atoms with Gasteiger partial charge in [-0.25, -0.2) is 14.1 Å². The van der Waals surface area contributed by atoms with Crippen molar-refractivity contribution < 1.29 is 23.5 Å². The number of ether oxygens (including phenoxy) is 1. The molecule has 3 rings (SSSR count). The Morgan fingerprint density at radius 1 is 1.09 bits per heavy atom. The second kappa shape index (κ2) is 5.81. The van der Waals surface area contributed by atoms with Gasteiger partial charge in [-0.1, -0.05) is 23.7 Å². The molecule has 1 aliphatic heterocycles. The van der Waals surface area contributed by atoms with Crippen LogP contribution in [0.25, 0.3) is 0 Å². The maximum Gasteiger partial charge on any atom is 0.341 e. The molecule has 0 bridgehead atoms. The van der Waals surface area contributed by atoms with Crippen LogP contribution in [0.1, 0.15) is 31.1 Å². The van der Waals surface area contributed by atoms with Crippen LogP contribution in [0.5, 0.6) is 0 Å². The van der Waals surface area contributed by atoms with Crippen LogP contribution in [0, 0.1) is 5.82 Å². The van der Waals surface area contributed by atoms with Gasteiger partial charge in [-0.3, -0.25) is 9.59 Å². The van der Waals surface area contributed by atoms with Gasteiger partial charge in [-0.2, -0.15) is 0 Å². The van der Waals surface area contributed by atoms with Crippen molar-refractivity contribution in [2.24, 2.45) is 0 Å². The first-order chi connectivity index (χ1) is 11.0. The third-order valence-electron chi connectivity index (χ3n) is 3.35. The zero-order chi connectivity index (χ0) is 16.6. The standard InChI is InChI=1S/C16H9ClFNO4/c17-13-7-9(18)5-6-12(13)16(22)23-8-19-14(20)10-3-1-2-4-11(10)15(19)21/h1-7H,8H2. The molecular weight excluding hydrogens is 325 g/mol. The van der Waals surface area contributed by atoms with Gasteiger partial charge < -0.3 is 4.74 Å². The van der Waals surface area contributed by atoms with Crippen molar-refractivity contribution in [3.63, 3.8) is 0 Å². The highest BCUT2D eigenvalue weighted by Gasteiger charge is 2.35. The van der Waals surface area contributed by atoms with Crippen molar-refractivity contribution in [1.82, 2.24) is 4.90 Å². The number of carbonyl (C=O) groups excluding carboxylic acids is 3. The molecule has 2 aromatic rings. The molecule has 0 atom stereocenters. The number of imide groups is 1. The number of hydrogen-bond donors (Lipinski definition) is 0. The SMILES string of the molecule is O=C(OCN1C(=O)c2ccccc2C1=O)c1ccc(F)cc1Cl. The number of amides is 2. The van der Waals surface area contributed by atoms with E-state index in [0.717, 1.165) is 17.0 Å². The van der Waals surface area contributed by atoms with Gasteiger partial charge in [-0.05, 0) is 30.3 Å². The Morgan fingerprint density at radius 2 is 1.70 bits per heavy atom. The first-order valence-electron chi connectivity index (χ1n) is 6.56. The lowest BCUT2D eigenvalue weighted by atomic mass is 10.1. The normalized spacial score (nSPS) is 13.2. The summed E-state index contributed by atoms with van der Waals surface area (Å²) >= 11 is 5.76. The zero-order valence-electron chi connectivity index (χ0n) is 11.6. The maximum atomic E-state index is 13.0. The van der Waals surface area contributed by atoms with E-state index in [2.05, 4.69) is 0 Å². The number of carbonyl (C=O) groups is 3. The van der Waals surface area contributed by atoms with Gasteiger partial charge in [0.25, 0.3) is 11.8 Å². The largest absolute Gasteiger partial charge is 0.440 e. The van der Waals surface area contributed by atoms with Gasteiger partial charge in [0.05, 0.1) is 21.7 Å². The minimum Gasteiger partial charge on any atom is -0.440 e. The van der Waals surface area contributed by atoms with Gasteiger partial charge >= 0.3 is 5.97 Å². The number of rotatable bonds is 3. The maximum absolute atomic E-state index is 13.0. The highest BCUT2D eigenvalue weighted by molar-refractivity contribution is 6.33. The molecule has 2 aromatic carbocycles. The molecule has 0 saturated heterocycles. The molecule has 116 valence electrons. The molecule has 0 saturated carbocycles. The molecule has 0 aliphatic carbocycles. The highest BCUT2D eigenvalue weighted by Crippen LogP contribution is 2.23. The van der Waals surface area contributed by atoms with E-state index in [1.165, 1.54) is 18.2 Å². The fraction of sp³-hybridized carbons (Fsp3) is 0.0625. The molecule has 23 heavy (non-hydrogen) atoms. The number of esters is 1. The van der Waals surface area contributed by atoms with Crippen molar-refractivity contribution >= 4 is 29.4 Å². The molecule has 1 aliphatic rings. The molecule has 0 fully saturated rings. The van der Waals surface area contributed by atoms with Crippen molar-refractivity contribution in [2.45, 2.75) is 0 Å². The molecule has 0 spiro atoms. The second-order valence-electron chi connectivity index (χ2n) is 4.77. The fourth-order valence-corrected chi connectivity index (χ4v) is 2.46. The van der Waals surface area contributed by atoms with Crippen molar-refractivity contribution in [2.75, 3.05) is 6.73 Å². The van der Waals surface area contributed by atoms with Gasteiger partial charge in [0.1, 0.15) is 5.82 Å². The molecule has 1 heterocycles. The Bertz CT molecular complexity index is 802. The van der Waals surface area contributed by atoms with Crippen LogP contribution in [0.4, 0.5) is 4.39 Å². The molecule has 0 unspecified atom stereocenters. The summed E-state index contributed by atoms with van der Waals surface area (Å²) in [7, 11) is 0. The van der Waals surface area contributed by atoms with Crippen molar-refractivity contribution in [3.8, 4) is 0 Å². The van der Waals surface area contributed by atoms with E-state index >= 15 is 0 Å². The second-order valence-corrected chi connectivity index (χ2v) is 5.18. The van der Waals surface area contributed by atoms with Crippen LogP contribution in [0.2, 0.25) is 5.02 Å². The molecule has 0 N–H and O–H groups in total. The van der Waals surface area contributed by atoms with E-state index < -0.39 is 30.3 Å². The van der Waals surface area contributed by atoms with E-state index in [0.29, 0.717) is 0 Å². The molecular formula is C16H9ClFNO4. The monoisotopic (exact) mass is 333 g/mol. The summed E-state index contributed by atoms with van der Waals surface area (Å²) < 4.78 is 17.9. The minimum absolute atomic E-state index is 0.0512. The first kappa shape index (κ1) is 15.2. The lowest BCUT2D eigenvalue weighted by Gasteiger charge is -2.14. The third-order valence-corrected chi connectivity index (χ3v) is 3.67. The molecule has 0 aromatic heterocycles. The summed E-state index contributed by atoms with van der Waals surface area (Å²) in [6.45, 7) is -0.543. The van der Waals surface area contributed by atoms with Gasteiger partial charge in [0, 0.05) is 0 Å². The van der Waals surface area contributed by atoms with Crippen LogP contribution in [0.15, 0.2) is 42.5 Å². The third kappa shape index (κ3) is 2.68. The van der Waals surface area contributed by atoms with Crippen LogP contribution >= 0.6 is 11.6 Å². The Hall–Kier alpha value is -2.73. The van der Waals surface area contributed by atoms with E-state index in [1.807, 2.05) is 0 Å². The number of halogens is 2. The molecule has 0 radical (unpaired) electrons. The number of hydrogen-bond acceptors (Lipinski definition) is 4. The summed E-state index contributed by atoms with van der Waals surface area (Å²) in [5.74, 6) is -2.52. The number of fused-ring (bicyclic) bond motifs is 1. The summed E-state index contributed by atoms with van der Waals surface area (Å²) in [6, 6.07) is 9.52. The predicted octanol–water partition coefficient (Wildman–Crippen LogP) is 2.89. The smallest absolute Gasteiger partial charge is 0.341 e. The van der Waals surface area contributed by atoms with E-state index in [9.17, 15) is 18.8 Å². The minimum atomic E-state index is -0.855. The Morgan fingerprint density at radius 3 is 2.26 bits per heavy atom. The van der Waals surface area contributed by atoms with Crippen molar-refractivity contribution in [1.29, 1.82) is 0 Å². The number of nitrogens with zero attached hydrogens (tertiary/aromatic N) is 1. The Balaban J connectivity index is 1.73. The van der Waals surface area contributed by atoms with Crippen LogP contribution in [0.3, 0.4) is 0 Å². The number of benzene rings is 2. The topological polar surface area (TPSA) is 63.7 Å². The van der Waals surface area contributed by atoms with E-state index in [4.69, 9.17) is 16.3 Å². The molecule has 2 amide bonds. The van der Waals surface area contributed by atoms with E-state index in [1.54, 1.807) is 12.1 Å². The summed E-state index contributed by atoms with van der Waals surface area (Å²) in [5, 5.41) is -0.114. The van der Waals surface area contributed by atoms with E-state index in [-0.39, 0.29) is 21.7 Å². The lowest BCUT2D eigenvalue weighted by Crippen LogP contribution is -2.33. The van der Waals surface area contributed by atoms with Gasteiger partial charge in [0.2, 0.25) is 0 Å².